The maximum atomic E-state index is 13.1. The summed E-state index contributed by atoms with van der Waals surface area (Å²) in [7, 11) is 1.63. The van der Waals surface area contributed by atoms with Crippen LogP contribution in [0, 0.1) is 0 Å². The lowest BCUT2D eigenvalue weighted by molar-refractivity contribution is -0.117. The molecule has 1 heterocycles. The van der Waals surface area contributed by atoms with Crippen LogP contribution in [0.4, 0.5) is 11.4 Å². The first-order valence-corrected chi connectivity index (χ1v) is 10.3. The number of carbonyl (C=O) groups excluding carboxylic acids is 1. The van der Waals surface area contributed by atoms with E-state index in [-0.39, 0.29) is 5.91 Å². The molecule has 0 bridgehead atoms. The van der Waals surface area contributed by atoms with Gasteiger partial charge in [-0.15, -0.1) is 16.8 Å². The molecule has 1 amide bonds. The first-order chi connectivity index (χ1) is 14.2. The maximum Gasteiger partial charge on any atom is 0.232 e. The van der Waals surface area contributed by atoms with E-state index in [4.69, 9.17) is 4.74 Å². The monoisotopic (exact) mass is 408 g/mol. The van der Waals surface area contributed by atoms with Crippen molar-refractivity contribution in [3.8, 4) is 0 Å². The molecule has 150 valence electrons. The highest BCUT2D eigenvalue weighted by atomic mass is 32.2. The van der Waals surface area contributed by atoms with Gasteiger partial charge in [-0.2, -0.15) is 0 Å². The van der Waals surface area contributed by atoms with E-state index in [0.29, 0.717) is 25.3 Å². The third-order valence-electron chi connectivity index (χ3n) is 4.20. The fourth-order valence-corrected chi connectivity index (χ4v) is 3.80. The smallest absolute Gasteiger partial charge is 0.232 e. The number of ether oxygens (including phenoxy) is 1. The van der Waals surface area contributed by atoms with Crippen LogP contribution in [0.1, 0.15) is 12.2 Å². The molecule has 0 spiro atoms. The van der Waals surface area contributed by atoms with Gasteiger partial charge in [-0.1, -0.05) is 54.2 Å². The number of aromatic nitrogens is 3. The molecule has 6 nitrogen and oxygen atoms in total. The molecule has 3 rings (SSSR count). The first-order valence-electron chi connectivity index (χ1n) is 9.32. The van der Waals surface area contributed by atoms with Crippen molar-refractivity contribution in [1.82, 2.24) is 14.8 Å². The second-order valence-corrected chi connectivity index (χ2v) is 7.29. The summed E-state index contributed by atoms with van der Waals surface area (Å²) < 4.78 is 7.13. The molecule has 0 unspecified atom stereocenters. The fourth-order valence-electron chi connectivity index (χ4n) is 2.91. The van der Waals surface area contributed by atoms with Crippen LogP contribution in [0.15, 0.2) is 78.5 Å². The maximum absolute atomic E-state index is 13.1. The van der Waals surface area contributed by atoms with Crippen molar-refractivity contribution in [2.45, 2.75) is 24.7 Å². The number of hydrogen-bond acceptors (Lipinski definition) is 5. The summed E-state index contributed by atoms with van der Waals surface area (Å²) in [6.07, 6.45) is 2.17. The molecule has 0 fully saturated rings. The Morgan fingerprint density at radius 2 is 1.72 bits per heavy atom. The van der Waals surface area contributed by atoms with Crippen LogP contribution < -0.4 is 4.90 Å². The number of anilines is 2. The van der Waals surface area contributed by atoms with Gasteiger partial charge in [0.05, 0.1) is 0 Å². The Morgan fingerprint density at radius 3 is 2.28 bits per heavy atom. The fraction of sp³-hybridized carbons (Fsp3) is 0.227. The lowest BCUT2D eigenvalue weighted by atomic mass is 10.2. The van der Waals surface area contributed by atoms with Crippen LogP contribution in [0.3, 0.4) is 0 Å². The normalized spacial score (nSPS) is 10.7. The predicted octanol–water partition coefficient (Wildman–Crippen LogP) is 4.46. The highest BCUT2D eigenvalue weighted by Crippen LogP contribution is 2.27. The number of hydrogen-bond donors (Lipinski definition) is 0. The third-order valence-corrected chi connectivity index (χ3v) is 5.17. The average Bonchev–Trinajstić information content (AvgIpc) is 3.12. The van der Waals surface area contributed by atoms with Crippen molar-refractivity contribution in [2.75, 3.05) is 17.8 Å². The van der Waals surface area contributed by atoms with Gasteiger partial charge in [0.15, 0.2) is 11.0 Å². The Hall–Kier alpha value is -2.90. The Labute approximate surface area is 175 Å². The number of thioether (sulfide) groups is 1. The van der Waals surface area contributed by atoms with Gasteiger partial charge in [-0.05, 0) is 24.3 Å². The van der Waals surface area contributed by atoms with Crippen LogP contribution >= 0.6 is 11.8 Å². The number of nitrogens with zero attached hydrogens (tertiary/aromatic N) is 4. The minimum Gasteiger partial charge on any atom is -0.377 e. The Morgan fingerprint density at radius 1 is 1.10 bits per heavy atom. The van der Waals surface area contributed by atoms with E-state index in [1.165, 1.54) is 11.8 Å². The standard InChI is InChI=1S/C22H24N4O2S/c1-3-15-25-20(17-28-2)23-24-22(25)29-16-14-21(27)26(18-10-6-4-7-11-18)19-12-8-5-9-13-19/h3-13H,1,14-17H2,2H3. The quantitative estimate of drug-likeness (QED) is 0.366. The van der Waals surface area contributed by atoms with Gasteiger partial charge in [0.2, 0.25) is 5.91 Å². The zero-order valence-electron chi connectivity index (χ0n) is 16.4. The van der Waals surface area contributed by atoms with Crippen LogP contribution in [-0.4, -0.2) is 33.5 Å². The molecule has 3 aromatic rings. The average molecular weight is 409 g/mol. The van der Waals surface area contributed by atoms with E-state index in [1.54, 1.807) is 18.1 Å². The highest BCUT2D eigenvalue weighted by Gasteiger charge is 2.18. The van der Waals surface area contributed by atoms with Gasteiger partial charge in [0.25, 0.3) is 0 Å². The van der Waals surface area contributed by atoms with Crippen LogP contribution in [0.5, 0.6) is 0 Å². The van der Waals surface area contributed by atoms with Gasteiger partial charge in [-0.3, -0.25) is 9.69 Å². The van der Waals surface area contributed by atoms with Crippen molar-refractivity contribution in [1.29, 1.82) is 0 Å². The Kier molecular flexibility index (Phi) is 7.61. The van der Waals surface area contributed by atoms with Crippen molar-refractivity contribution < 1.29 is 9.53 Å². The number of para-hydroxylation sites is 2. The molecule has 0 aliphatic heterocycles. The Bertz CT molecular complexity index is 889. The van der Waals surface area contributed by atoms with E-state index in [2.05, 4.69) is 16.8 Å². The summed E-state index contributed by atoms with van der Waals surface area (Å²) in [5.41, 5.74) is 1.71. The summed E-state index contributed by atoms with van der Waals surface area (Å²) in [5, 5.41) is 9.17. The summed E-state index contributed by atoms with van der Waals surface area (Å²) >= 11 is 1.51. The van der Waals surface area contributed by atoms with Crippen LogP contribution in [0.25, 0.3) is 0 Å². The molecule has 0 aliphatic rings. The first kappa shape index (κ1) is 20.8. The van der Waals surface area contributed by atoms with Gasteiger partial charge in [0.1, 0.15) is 6.61 Å². The molecule has 0 radical (unpaired) electrons. The molecular weight excluding hydrogens is 384 g/mol. The minimum atomic E-state index is 0.0294. The minimum absolute atomic E-state index is 0.0294. The van der Waals surface area contributed by atoms with E-state index < -0.39 is 0 Å². The second-order valence-electron chi connectivity index (χ2n) is 6.23. The summed E-state index contributed by atoms with van der Waals surface area (Å²) in [5.74, 6) is 1.37. The number of carbonyl (C=O) groups is 1. The highest BCUT2D eigenvalue weighted by molar-refractivity contribution is 7.99. The summed E-state index contributed by atoms with van der Waals surface area (Å²) in [6, 6.07) is 19.4. The number of amides is 1. The van der Waals surface area contributed by atoms with E-state index in [0.717, 1.165) is 22.4 Å². The van der Waals surface area contributed by atoms with E-state index in [1.807, 2.05) is 65.2 Å². The zero-order chi connectivity index (χ0) is 20.5. The zero-order valence-corrected chi connectivity index (χ0v) is 17.2. The lowest BCUT2D eigenvalue weighted by Gasteiger charge is -2.23. The molecule has 1 aromatic heterocycles. The Balaban J connectivity index is 1.71. The van der Waals surface area contributed by atoms with Crippen molar-refractivity contribution >= 4 is 29.0 Å². The third kappa shape index (κ3) is 5.34. The van der Waals surface area contributed by atoms with Crippen LogP contribution in [0.2, 0.25) is 0 Å². The SMILES string of the molecule is C=CCn1c(COC)nnc1SCCC(=O)N(c1ccccc1)c1ccccc1. The molecule has 0 saturated carbocycles. The number of rotatable bonds is 10. The van der Waals surface area contributed by atoms with Crippen molar-refractivity contribution in [3.05, 3.63) is 79.1 Å². The predicted molar refractivity (Wildman–Crippen MR) is 116 cm³/mol. The van der Waals surface area contributed by atoms with Gasteiger partial charge < -0.3 is 9.30 Å². The van der Waals surface area contributed by atoms with Crippen molar-refractivity contribution in [3.63, 3.8) is 0 Å². The number of methoxy groups -OCH3 is 1. The molecule has 0 aliphatic carbocycles. The summed E-state index contributed by atoms with van der Waals surface area (Å²) in [6.45, 7) is 4.77. The molecule has 0 saturated heterocycles. The molecule has 2 aromatic carbocycles. The lowest BCUT2D eigenvalue weighted by Crippen LogP contribution is -2.26. The van der Waals surface area contributed by atoms with Crippen LogP contribution in [-0.2, 0) is 22.7 Å². The molecule has 29 heavy (non-hydrogen) atoms. The number of allylic oxidation sites excluding steroid dienone is 1. The van der Waals surface area contributed by atoms with E-state index in [9.17, 15) is 4.79 Å². The topological polar surface area (TPSA) is 60.2 Å². The number of benzene rings is 2. The van der Waals surface area contributed by atoms with Gasteiger partial charge in [0, 0.05) is 37.2 Å². The largest absolute Gasteiger partial charge is 0.377 e. The molecular formula is C22H24N4O2S. The molecule has 7 heteroatoms. The van der Waals surface area contributed by atoms with Gasteiger partial charge in [-0.25, -0.2) is 0 Å². The van der Waals surface area contributed by atoms with E-state index >= 15 is 0 Å². The summed E-state index contributed by atoms with van der Waals surface area (Å²) in [4.78, 5) is 14.8. The molecule has 0 N–H and O–H groups in total. The van der Waals surface area contributed by atoms with Crippen molar-refractivity contribution in [2.24, 2.45) is 0 Å². The van der Waals surface area contributed by atoms with Gasteiger partial charge >= 0.3 is 0 Å². The second kappa shape index (κ2) is 10.6. The molecule has 0 atom stereocenters.